The molecule has 196 valence electrons. The van der Waals surface area contributed by atoms with Gasteiger partial charge >= 0.3 is 0 Å². The molecule has 0 atom stereocenters. The van der Waals surface area contributed by atoms with Gasteiger partial charge in [0, 0.05) is 18.2 Å². The number of hydrogen-bond acceptors (Lipinski definition) is 3. The van der Waals surface area contributed by atoms with Gasteiger partial charge in [-0.25, -0.2) is 13.2 Å². The molecule has 2 aromatic rings. The fraction of sp³-hybridized carbons (Fsp3) is 0.533. The van der Waals surface area contributed by atoms with Crippen LogP contribution >= 0.6 is 0 Å². The largest absolute Gasteiger partial charge is 0.489 e. The summed E-state index contributed by atoms with van der Waals surface area (Å²) in [5, 5.41) is 0. The standard InChI is InChI=1S/C30H37F3O3/c1-3-17-35-25-14-9-22(28(31)18-25)19-36-24-12-7-21(8-13-24)27-16-15-26(29(32)30(27)33)20-5-10-23(11-6-20)34-4-2/h3,9,14-16,18,20-21,23-24H,1,4-8,10-13,17,19H2,2H3. The van der Waals surface area contributed by atoms with E-state index in [1.54, 1.807) is 30.3 Å². The van der Waals surface area contributed by atoms with Crippen LogP contribution in [0.15, 0.2) is 43.0 Å². The molecule has 2 fully saturated rings. The van der Waals surface area contributed by atoms with Crippen LogP contribution in [0.2, 0.25) is 0 Å². The molecule has 0 saturated heterocycles. The van der Waals surface area contributed by atoms with Crippen molar-refractivity contribution < 1.29 is 27.4 Å². The highest BCUT2D eigenvalue weighted by Gasteiger charge is 2.30. The lowest BCUT2D eigenvalue weighted by atomic mass is 9.79. The van der Waals surface area contributed by atoms with Gasteiger partial charge in [-0.1, -0.05) is 30.9 Å². The topological polar surface area (TPSA) is 27.7 Å². The van der Waals surface area contributed by atoms with Crippen molar-refractivity contribution >= 4 is 0 Å². The predicted molar refractivity (Wildman–Crippen MR) is 135 cm³/mol. The van der Waals surface area contributed by atoms with Crippen molar-refractivity contribution in [2.45, 2.75) is 88.9 Å². The Morgan fingerprint density at radius 1 is 0.806 bits per heavy atom. The Morgan fingerprint density at radius 3 is 1.86 bits per heavy atom. The third-order valence-electron chi connectivity index (χ3n) is 7.64. The van der Waals surface area contributed by atoms with E-state index < -0.39 is 11.6 Å². The van der Waals surface area contributed by atoms with Crippen LogP contribution in [0.5, 0.6) is 5.75 Å². The van der Waals surface area contributed by atoms with Gasteiger partial charge in [0.05, 0.1) is 18.8 Å². The average molecular weight is 503 g/mol. The molecule has 0 amide bonds. The molecule has 4 rings (SSSR count). The van der Waals surface area contributed by atoms with E-state index in [4.69, 9.17) is 14.2 Å². The fourth-order valence-electron chi connectivity index (χ4n) is 5.62. The monoisotopic (exact) mass is 502 g/mol. The van der Waals surface area contributed by atoms with Crippen LogP contribution in [0.3, 0.4) is 0 Å². The van der Waals surface area contributed by atoms with Crippen LogP contribution < -0.4 is 4.74 Å². The molecule has 2 aromatic carbocycles. The Balaban J connectivity index is 1.29. The third kappa shape index (κ3) is 6.51. The molecule has 0 aromatic heterocycles. The summed E-state index contributed by atoms with van der Waals surface area (Å²) in [7, 11) is 0. The Bertz CT molecular complexity index is 1010. The van der Waals surface area contributed by atoms with E-state index >= 15 is 8.78 Å². The molecule has 0 bridgehead atoms. The lowest BCUT2D eigenvalue weighted by Gasteiger charge is -2.31. The summed E-state index contributed by atoms with van der Waals surface area (Å²) in [5.74, 6) is -1.26. The van der Waals surface area contributed by atoms with E-state index in [1.807, 2.05) is 6.92 Å². The highest BCUT2D eigenvalue weighted by atomic mass is 19.2. The van der Waals surface area contributed by atoms with Gasteiger partial charge in [-0.15, -0.1) is 0 Å². The van der Waals surface area contributed by atoms with Gasteiger partial charge in [-0.2, -0.15) is 0 Å². The van der Waals surface area contributed by atoms with Crippen molar-refractivity contribution in [2.24, 2.45) is 0 Å². The van der Waals surface area contributed by atoms with Crippen LogP contribution in [0.4, 0.5) is 13.2 Å². The first-order valence-electron chi connectivity index (χ1n) is 13.2. The molecular formula is C30H37F3O3. The van der Waals surface area contributed by atoms with Crippen LogP contribution in [0, 0.1) is 17.5 Å². The van der Waals surface area contributed by atoms with Crippen molar-refractivity contribution in [2.75, 3.05) is 13.2 Å². The first kappa shape index (κ1) is 26.7. The van der Waals surface area contributed by atoms with Gasteiger partial charge < -0.3 is 14.2 Å². The van der Waals surface area contributed by atoms with Gasteiger partial charge in [0.2, 0.25) is 0 Å². The van der Waals surface area contributed by atoms with Gasteiger partial charge in [0.15, 0.2) is 11.6 Å². The van der Waals surface area contributed by atoms with Crippen LogP contribution in [0.1, 0.15) is 86.8 Å². The predicted octanol–water partition coefficient (Wildman–Crippen LogP) is 7.97. The minimum Gasteiger partial charge on any atom is -0.489 e. The second-order valence-corrected chi connectivity index (χ2v) is 9.94. The van der Waals surface area contributed by atoms with Crippen LogP contribution in [-0.4, -0.2) is 25.4 Å². The zero-order valence-corrected chi connectivity index (χ0v) is 21.1. The van der Waals surface area contributed by atoms with Gasteiger partial charge in [0.1, 0.15) is 18.2 Å². The van der Waals surface area contributed by atoms with Crippen molar-refractivity contribution in [1.29, 1.82) is 0 Å². The van der Waals surface area contributed by atoms with Crippen molar-refractivity contribution in [3.05, 3.63) is 77.1 Å². The van der Waals surface area contributed by atoms with E-state index in [2.05, 4.69) is 6.58 Å². The van der Waals surface area contributed by atoms with Gasteiger partial charge in [0.25, 0.3) is 0 Å². The Hall–Kier alpha value is -2.31. The van der Waals surface area contributed by atoms with E-state index in [9.17, 15) is 4.39 Å². The summed E-state index contributed by atoms with van der Waals surface area (Å²) >= 11 is 0. The number of hydrogen-bond donors (Lipinski definition) is 0. The lowest BCUT2D eigenvalue weighted by Crippen LogP contribution is -2.23. The van der Waals surface area contributed by atoms with Gasteiger partial charge in [-0.3, -0.25) is 0 Å². The molecule has 0 heterocycles. The highest BCUT2D eigenvalue weighted by Crippen LogP contribution is 2.40. The highest BCUT2D eigenvalue weighted by molar-refractivity contribution is 5.32. The van der Waals surface area contributed by atoms with Crippen LogP contribution in [-0.2, 0) is 16.1 Å². The summed E-state index contributed by atoms with van der Waals surface area (Å²) in [6, 6.07) is 8.33. The van der Waals surface area contributed by atoms with E-state index in [0.29, 0.717) is 35.7 Å². The maximum atomic E-state index is 15.1. The Labute approximate surface area is 212 Å². The third-order valence-corrected chi connectivity index (χ3v) is 7.64. The SMILES string of the molecule is C=CCOc1ccc(COC2CCC(c3ccc(C4CCC(OCC)CC4)c(F)c3F)CC2)c(F)c1. The second-order valence-electron chi connectivity index (χ2n) is 9.94. The summed E-state index contributed by atoms with van der Waals surface area (Å²) in [6.45, 7) is 6.75. The minimum absolute atomic E-state index is 0.0231. The van der Waals surface area contributed by atoms with Crippen LogP contribution in [0.25, 0.3) is 0 Å². The molecule has 6 heteroatoms. The van der Waals surface area contributed by atoms with E-state index in [1.165, 1.54) is 6.07 Å². The Kier molecular flexibility index (Phi) is 9.49. The molecule has 2 saturated carbocycles. The minimum atomic E-state index is -0.690. The molecular weight excluding hydrogens is 465 g/mol. The number of rotatable bonds is 10. The van der Waals surface area contributed by atoms with E-state index in [-0.39, 0.29) is 36.5 Å². The van der Waals surface area contributed by atoms with E-state index in [0.717, 1.165) is 51.4 Å². The van der Waals surface area contributed by atoms with Gasteiger partial charge in [-0.05, 0) is 87.3 Å². The molecule has 0 unspecified atom stereocenters. The fourth-order valence-corrected chi connectivity index (χ4v) is 5.62. The summed E-state index contributed by atoms with van der Waals surface area (Å²) in [6.07, 6.45) is 8.16. The molecule has 0 spiro atoms. The summed E-state index contributed by atoms with van der Waals surface area (Å²) in [5.41, 5.74) is 1.45. The van der Waals surface area contributed by atoms with Crippen molar-refractivity contribution in [3.8, 4) is 5.75 Å². The molecule has 0 aliphatic heterocycles. The molecule has 2 aliphatic carbocycles. The normalized spacial score (nSPS) is 24.4. The maximum Gasteiger partial charge on any atom is 0.162 e. The first-order valence-corrected chi connectivity index (χ1v) is 13.2. The zero-order valence-electron chi connectivity index (χ0n) is 21.1. The number of ether oxygens (including phenoxy) is 3. The molecule has 3 nitrogen and oxygen atoms in total. The maximum absolute atomic E-state index is 15.1. The average Bonchev–Trinajstić information content (AvgIpc) is 2.90. The second kappa shape index (κ2) is 12.8. The Morgan fingerprint density at radius 2 is 1.36 bits per heavy atom. The smallest absolute Gasteiger partial charge is 0.162 e. The lowest BCUT2D eigenvalue weighted by molar-refractivity contribution is 0.0118. The molecule has 36 heavy (non-hydrogen) atoms. The van der Waals surface area contributed by atoms with Crippen molar-refractivity contribution in [1.82, 2.24) is 0 Å². The molecule has 2 aliphatic rings. The number of benzene rings is 2. The summed E-state index contributed by atoms with van der Waals surface area (Å²) in [4.78, 5) is 0. The number of halogens is 3. The molecule has 0 N–H and O–H groups in total. The first-order chi connectivity index (χ1) is 17.5. The quantitative estimate of drug-likeness (QED) is 0.308. The zero-order chi connectivity index (χ0) is 25.5. The van der Waals surface area contributed by atoms with Crippen molar-refractivity contribution in [3.63, 3.8) is 0 Å². The molecule has 0 radical (unpaired) electrons. The summed E-state index contributed by atoms with van der Waals surface area (Å²) < 4.78 is 61.6.